The molecule has 1 saturated heterocycles. The third-order valence-corrected chi connectivity index (χ3v) is 4.79. The van der Waals surface area contributed by atoms with Crippen molar-refractivity contribution >= 4 is 29.0 Å². The number of carbonyl (C=O) groups is 1. The maximum Gasteiger partial charge on any atom is 0.418 e. The van der Waals surface area contributed by atoms with Crippen LogP contribution in [0.25, 0.3) is 0 Å². The Bertz CT molecular complexity index is 833. The first-order valence-corrected chi connectivity index (χ1v) is 8.87. The third kappa shape index (κ3) is 4.47. The molecule has 144 valence electrons. The molecule has 4 nitrogen and oxygen atoms in total. The highest BCUT2D eigenvalue weighted by molar-refractivity contribution is 6.30. The van der Waals surface area contributed by atoms with Crippen LogP contribution in [-0.4, -0.2) is 37.1 Å². The van der Waals surface area contributed by atoms with Gasteiger partial charge in [-0.1, -0.05) is 29.8 Å². The maximum absolute atomic E-state index is 13.3. The van der Waals surface area contributed by atoms with Crippen molar-refractivity contribution in [3.8, 4) is 0 Å². The van der Waals surface area contributed by atoms with E-state index in [1.54, 1.807) is 9.80 Å². The van der Waals surface area contributed by atoms with Gasteiger partial charge < -0.3 is 15.1 Å². The Morgan fingerprint density at radius 1 is 1.07 bits per heavy atom. The average molecular weight is 398 g/mol. The van der Waals surface area contributed by atoms with E-state index in [0.717, 1.165) is 17.3 Å². The molecule has 0 bridgehead atoms. The number of amides is 2. The number of urea groups is 1. The number of halogens is 4. The van der Waals surface area contributed by atoms with E-state index in [2.05, 4.69) is 5.32 Å². The van der Waals surface area contributed by atoms with Crippen LogP contribution in [0.3, 0.4) is 0 Å². The van der Waals surface area contributed by atoms with Crippen LogP contribution < -0.4 is 10.2 Å². The number of hydrogen-bond donors (Lipinski definition) is 1. The number of anilines is 2. The second-order valence-electron chi connectivity index (χ2n) is 6.38. The zero-order valence-corrected chi connectivity index (χ0v) is 15.4. The van der Waals surface area contributed by atoms with Crippen molar-refractivity contribution in [2.45, 2.75) is 13.1 Å². The standard InChI is InChI=1S/C19H19ClF3N3O/c1-13-4-2-3-5-16(13)24-18(27)26-10-8-25(9-11-26)17-7-6-14(20)12-15(17)19(21,22)23/h2-7,12H,8-11H2,1H3,(H,24,27). The van der Waals surface area contributed by atoms with Crippen molar-refractivity contribution in [1.29, 1.82) is 0 Å². The van der Waals surface area contributed by atoms with E-state index in [4.69, 9.17) is 11.6 Å². The summed E-state index contributed by atoms with van der Waals surface area (Å²) in [7, 11) is 0. The van der Waals surface area contributed by atoms with Gasteiger partial charge >= 0.3 is 12.2 Å². The summed E-state index contributed by atoms with van der Waals surface area (Å²) in [6, 6.07) is 10.9. The van der Waals surface area contributed by atoms with Gasteiger partial charge in [0.05, 0.1) is 5.56 Å². The summed E-state index contributed by atoms with van der Waals surface area (Å²) < 4.78 is 39.9. The number of rotatable bonds is 2. The lowest BCUT2D eigenvalue weighted by atomic mass is 10.1. The van der Waals surface area contributed by atoms with E-state index in [0.29, 0.717) is 26.2 Å². The van der Waals surface area contributed by atoms with Crippen LogP contribution in [0.4, 0.5) is 29.3 Å². The first-order chi connectivity index (χ1) is 12.8. The normalized spacial score (nSPS) is 15.0. The van der Waals surface area contributed by atoms with Gasteiger partial charge in [-0.3, -0.25) is 0 Å². The number of para-hydroxylation sites is 1. The highest BCUT2D eigenvalue weighted by atomic mass is 35.5. The highest BCUT2D eigenvalue weighted by Crippen LogP contribution is 2.38. The summed E-state index contributed by atoms with van der Waals surface area (Å²) in [4.78, 5) is 15.7. The number of nitrogens with zero attached hydrogens (tertiary/aromatic N) is 2. The van der Waals surface area contributed by atoms with E-state index < -0.39 is 11.7 Å². The van der Waals surface area contributed by atoms with Gasteiger partial charge in [-0.25, -0.2) is 4.79 Å². The maximum atomic E-state index is 13.3. The number of benzene rings is 2. The Labute approximate surface area is 160 Å². The zero-order valence-electron chi connectivity index (χ0n) is 14.7. The zero-order chi connectivity index (χ0) is 19.6. The average Bonchev–Trinajstić information content (AvgIpc) is 2.63. The second-order valence-corrected chi connectivity index (χ2v) is 6.81. The molecule has 1 aliphatic heterocycles. The molecule has 1 aliphatic rings. The highest BCUT2D eigenvalue weighted by Gasteiger charge is 2.36. The van der Waals surface area contributed by atoms with Crippen molar-refractivity contribution < 1.29 is 18.0 Å². The molecular formula is C19H19ClF3N3O. The summed E-state index contributed by atoms with van der Waals surface area (Å²) in [6.07, 6.45) is -4.49. The summed E-state index contributed by atoms with van der Waals surface area (Å²) in [5.41, 5.74) is 1.00. The predicted octanol–water partition coefficient (Wildman–Crippen LogP) is 5.02. The van der Waals surface area contributed by atoms with Crippen molar-refractivity contribution in [3.05, 3.63) is 58.6 Å². The minimum absolute atomic E-state index is 0.0438. The minimum Gasteiger partial charge on any atom is -0.367 e. The Hall–Kier alpha value is -2.41. The fourth-order valence-corrected chi connectivity index (χ4v) is 3.24. The Kier molecular flexibility index (Phi) is 5.51. The van der Waals surface area contributed by atoms with Gasteiger partial charge in [-0.05, 0) is 36.8 Å². The van der Waals surface area contributed by atoms with Crippen LogP contribution in [-0.2, 0) is 6.18 Å². The van der Waals surface area contributed by atoms with Gasteiger partial charge in [-0.2, -0.15) is 13.2 Å². The van der Waals surface area contributed by atoms with Crippen LogP contribution in [0, 0.1) is 6.92 Å². The largest absolute Gasteiger partial charge is 0.418 e. The number of aryl methyl sites for hydroxylation is 1. The van der Waals surface area contributed by atoms with Crippen LogP contribution in [0.1, 0.15) is 11.1 Å². The third-order valence-electron chi connectivity index (χ3n) is 4.56. The van der Waals surface area contributed by atoms with Crippen molar-refractivity contribution in [2.75, 3.05) is 36.4 Å². The van der Waals surface area contributed by atoms with Gasteiger partial charge in [-0.15, -0.1) is 0 Å². The van der Waals surface area contributed by atoms with Crippen molar-refractivity contribution in [1.82, 2.24) is 4.90 Å². The molecule has 27 heavy (non-hydrogen) atoms. The Morgan fingerprint density at radius 2 is 1.74 bits per heavy atom. The molecule has 0 aromatic heterocycles. The lowest BCUT2D eigenvalue weighted by Crippen LogP contribution is -2.50. The van der Waals surface area contributed by atoms with E-state index in [-0.39, 0.29) is 16.7 Å². The van der Waals surface area contributed by atoms with E-state index in [1.807, 2.05) is 31.2 Å². The smallest absolute Gasteiger partial charge is 0.367 e. The number of nitrogens with one attached hydrogen (secondary N) is 1. The Balaban J connectivity index is 1.67. The lowest BCUT2D eigenvalue weighted by molar-refractivity contribution is -0.137. The first kappa shape index (κ1) is 19.4. The number of carbonyl (C=O) groups excluding carboxylic acids is 1. The molecule has 0 atom stereocenters. The predicted molar refractivity (Wildman–Crippen MR) is 100 cm³/mol. The molecule has 0 aliphatic carbocycles. The van der Waals surface area contributed by atoms with Crippen LogP contribution in [0.2, 0.25) is 5.02 Å². The Morgan fingerprint density at radius 3 is 2.37 bits per heavy atom. The van der Waals surface area contributed by atoms with E-state index in [1.165, 1.54) is 12.1 Å². The van der Waals surface area contributed by atoms with Crippen LogP contribution in [0.15, 0.2) is 42.5 Å². The molecule has 0 radical (unpaired) electrons. The fourth-order valence-electron chi connectivity index (χ4n) is 3.07. The van der Waals surface area contributed by atoms with Crippen LogP contribution >= 0.6 is 11.6 Å². The van der Waals surface area contributed by atoms with Gasteiger partial charge in [0.15, 0.2) is 0 Å². The fraction of sp³-hybridized carbons (Fsp3) is 0.316. The lowest BCUT2D eigenvalue weighted by Gasteiger charge is -2.37. The molecule has 2 amide bonds. The van der Waals surface area contributed by atoms with Gasteiger partial charge in [0.25, 0.3) is 0 Å². The van der Waals surface area contributed by atoms with Crippen molar-refractivity contribution in [3.63, 3.8) is 0 Å². The SMILES string of the molecule is Cc1ccccc1NC(=O)N1CCN(c2ccc(Cl)cc2C(F)(F)F)CC1. The van der Waals surface area contributed by atoms with Crippen molar-refractivity contribution in [2.24, 2.45) is 0 Å². The topological polar surface area (TPSA) is 35.6 Å². The van der Waals surface area contributed by atoms with Gasteiger partial charge in [0.1, 0.15) is 0 Å². The molecule has 1 N–H and O–H groups in total. The summed E-state index contributed by atoms with van der Waals surface area (Å²) in [5, 5.41) is 2.89. The monoisotopic (exact) mass is 397 g/mol. The molecule has 3 rings (SSSR count). The summed E-state index contributed by atoms with van der Waals surface area (Å²) >= 11 is 5.74. The summed E-state index contributed by atoms with van der Waals surface area (Å²) in [6.45, 7) is 3.18. The van der Waals surface area contributed by atoms with Gasteiger partial charge in [0.2, 0.25) is 0 Å². The molecular weight excluding hydrogens is 379 g/mol. The van der Waals surface area contributed by atoms with Crippen LogP contribution in [0.5, 0.6) is 0 Å². The number of alkyl halides is 3. The summed E-state index contributed by atoms with van der Waals surface area (Å²) in [5.74, 6) is 0. The first-order valence-electron chi connectivity index (χ1n) is 8.49. The number of piperazine rings is 1. The molecule has 0 saturated carbocycles. The van der Waals surface area contributed by atoms with E-state index in [9.17, 15) is 18.0 Å². The molecule has 1 heterocycles. The molecule has 0 spiro atoms. The quantitative estimate of drug-likeness (QED) is 0.772. The van der Waals surface area contributed by atoms with Gasteiger partial charge in [0, 0.05) is 42.6 Å². The second kappa shape index (κ2) is 7.68. The molecule has 2 aromatic carbocycles. The molecule has 0 unspecified atom stereocenters. The number of hydrogen-bond acceptors (Lipinski definition) is 2. The molecule has 2 aromatic rings. The molecule has 8 heteroatoms. The van der Waals surface area contributed by atoms with E-state index >= 15 is 0 Å². The molecule has 1 fully saturated rings. The minimum atomic E-state index is -4.49.